The standard InChI is InChI=1S/C19H16ClN5O3/c1-28-19(27)12-5-6-14(20)16(10-12)23-18(26)15-7-8-17(25-24-15)22-11-13-4-2-3-9-21-13/h2-10H,11H2,1H3,(H,22,25)(H,23,26). The molecule has 0 unspecified atom stereocenters. The Morgan fingerprint density at radius 2 is 1.96 bits per heavy atom. The quantitative estimate of drug-likeness (QED) is 0.615. The van der Waals surface area contributed by atoms with E-state index in [1.54, 1.807) is 12.3 Å². The van der Waals surface area contributed by atoms with E-state index in [1.807, 2.05) is 18.2 Å². The van der Waals surface area contributed by atoms with Gasteiger partial charge in [0, 0.05) is 6.20 Å². The van der Waals surface area contributed by atoms with E-state index < -0.39 is 11.9 Å². The van der Waals surface area contributed by atoms with E-state index in [9.17, 15) is 9.59 Å². The van der Waals surface area contributed by atoms with Crippen molar-refractivity contribution < 1.29 is 14.3 Å². The van der Waals surface area contributed by atoms with Crippen molar-refractivity contribution in [3.63, 3.8) is 0 Å². The molecule has 142 valence electrons. The smallest absolute Gasteiger partial charge is 0.337 e. The fraction of sp³-hybridized carbons (Fsp3) is 0.105. The van der Waals surface area contributed by atoms with E-state index in [0.29, 0.717) is 12.4 Å². The molecule has 3 rings (SSSR count). The van der Waals surface area contributed by atoms with Gasteiger partial charge in [-0.25, -0.2) is 4.79 Å². The van der Waals surface area contributed by atoms with Crippen molar-refractivity contribution in [2.45, 2.75) is 6.54 Å². The van der Waals surface area contributed by atoms with Gasteiger partial charge in [-0.2, -0.15) is 0 Å². The van der Waals surface area contributed by atoms with Gasteiger partial charge in [0.15, 0.2) is 5.69 Å². The van der Waals surface area contributed by atoms with Crippen LogP contribution in [0.25, 0.3) is 0 Å². The largest absolute Gasteiger partial charge is 0.465 e. The van der Waals surface area contributed by atoms with Gasteiger partial charge in [-0.15, -0.1) is 10.2 Å². The van der Waals surface area contributed by atoms with Crippen molar-refractivity contribution in [1.82, 2.24) is 15.2 Å². The highest BCUT2D eigenvalue weighted by molar-refractivity contribution is 6.34. The highest BCUT2D eigenvalue weighted by Gasteiger charge is 2.14. The summed E-state index contributed by atoms with van der Waals surface area (Å²) in [7, 11) is 1.27. The first-order valence-electron chi connectivity index (χ1n) is 8.23. The van der Waals surface area contributed by atoms with Gasteiger partial charge >= 0.3 is 5.97 Å². The zero-order valence-electron chi connectivity index (χ0n) is 14.8. The SMILES string of the molecule is COC(=O)c1ccc(Cl)c(NC(=O)c2ccc(NCc3ccccn3)nn2)c1. The van der Waals surface area contributed by atoms with E-state index in [0.717, 1.165) is 5.69 Å². The fourth-order valence-corrected chi connectivity index (χ4v) is 2.45. The second-order valence-electron chi connectivity index (χ2n) is 5.62. The van der Waals surface area contributed by atoms with E-state index >= 15 is 0 Å². The molecule has 2 aromatic heterocycles. The minimum atomic E-state index is -0.532. The number of ether oxygens (including phenoxy) is 1. The van der Waals surface area contributed by atoms with Crippen molar-refractivity contribution in [2.75, 3.05) is 17.7 Å². The summed E-state index contributed by atoms with van der Waals surface area (Å²) in [5.74, 6) is -0.532. The zero-order chi connectivity index (χ0) is 19.9. The number of hydrogen-bond acceptors (Lipinski definition) is 7. The molecule has 1 aromatic carbocycles. The molecule has 0 radical (unpaired) electrons. The maximum absolute atomic E-state index is 12.4. The number of aromatic nitrogens is 3. The first kappa shape index (κ1) is 19.2. The van der Waals surface area contributed by atoms with Crippen LogP contribution in [0.2, 0.25) is 5.02 Å². The summed E-state index contributed by atoms with van der Waals surface area (Å²) >= 11 is 6.08. The second kappa shape index (κ2) is 8.92. The minimum absolute atomic E-state index is 0.0999. The highest BCUT2D eigenvalue weighted by Crippen LogP contribution is 2.24. The number of rotatable bonds is 6. The third kappa shape index (κ3) is 4.80. The molecule has 3 aromatic rings. The normalized spacial score (nSPS) is 10.2. The first-order chi connectivity index (χ1) is 13.6. The Labute approximate surface area is 165 Å². The number of carbonyl (C=O) groups is 2. The Balaban J connectivity index is 1.65. The van der Waals surface area contributed by atoms with Crippen LogP contribution in [0.1, 0.15) is 26.5 Å². The number of hydrogen-bond donors (Lipinski definition) is 2. The van der Waals surface area contributed by atoms with E-state index in [-0.39, 0.29) is 22.0 Å². The molecular weight excluding hydrogens is 382 g/mol. The molecule has 0 saturated carbocycles. The summed E-state index contributed by atoms with van der Waals surface area (Å²) < 4.78 is 4.66. The van der Waals surface area contributed by atoms with Crippen LogP contribution in [-0.2, 0) is 11.3 Å². The van der Waals surface area contributed by atoms with Crippen LogP contribution in [0, 0.1) is 0 Å². The van der Waals surface area contributed by atoms with Crippen LogP contribution >= 0.6 is 11.6 Å². The van der Waals surface area contributed by atoms with Gasteiger partial charge in [-0.3, -0.25) is 9.78 Å². The summed E-state index contributed by atoms with van der Waals surface area (Å²) in [6.07, 6.45) is 1.70. The first-order valence-corrected chi connectivity index (χ1v) is 8.61. The number of esters is 1. The summed E-state index contributed by atoms with van der Waals surface area (Å²) in [5, 5.41) is 13.9. The monoisotopic (exact) mass is 397 g/mol. The molecule has 1 amide bonds. The van der Waals surface area contributed by atoms with Gasteiger partial charge in [0.2, 0.25) is 0 Å². The molecule has 0 bridgehead atoms. The summed E-state index contributed by atoms with van der Waals surface area (Å²) in [6, 6.07) is 13.2. The van der Waals surface area contributed by atoms with Gasteiger partial charge < -0.3 is 15.4 Å². The predicted molar refractivity (Wildman–Crippen MR) is 104 cm³/mol. The lowest BCUT2D eigenvalue weighted by molar-refractivity contribution is 0.0600. The molecule has 0 spiro atoms. The third-order valence-corrected chi connectivity index (χ3v) is 4.04. The van der Waals surface area contributed by atoms with E-state index in [4.69, 9.17) is 11.6 Å². The number of benzene rings is 1. The Morgan fingerprint density at radius 1 is 1.11 bits per heavy atom. The number of carbonyl (C=O) groups excluding carboxylic acids is 2. The molecule has 0 atom stereocenters. The molecule has 2 N–H and O–H groups in total. The van der Waals surface area contributed by atoms with Gasteiger partial charge in [0.1, 0.15) is 5.82 Å². The topological polar surface area (TPSA) is 106 Å². The van der Waals surface area contributed by atoms with Gasteiger partial charge in [0.25, 0.3) is 5.91 Å². The lowest BCUT2D eigenvalue weighted by Gasteiger charge is -2.09. The molecule has 28 heavy (non-hydrogen) atoms. The van der Waals surface area contributed by atoms with Crippen molar-refractivity contribution in [1.29, 1.82) is 0 Å². The summed E-state index contributed by atoms with van der Waals surface area (Å²) in [5.41, 5.74) is 1.49. The lowest BCUT2D eigenvalue weighted by Crippen LogP contribution is -2.16. The third-order valence-electron chi connectivity index (χ3n) is 3.71. The van der Waals surface area contributed by atoms with Crippen molar-refractivity contribution in [3.05, 3.63) is 76.7 Å². The van der Waals surface area contributed by atoms with Crippen LogP contribution in [0.4, 0.5) is 11.5 Å². The lowest BCUT2D eigenvalue weighted by atomic mass is 10.2. The predicted octanol–water partition coefficient (Wildman–Crippen LogP) is 3.18. The van der Waals surface area contributed by atoms with E-state index in [2.05, 4.69) is 30.6 Å². The maximum atomic E-state index is 12.4. The molecule has 2 heterocycles. The number of nitrogens with one attached hydrogen (secondary N) is 2. The van der Waals surface area contributed by atoms with Crippen molar-refractivity contribution in [2.24, 2.45) is 0 Å². The van der Waals surface area contributed by atoms with Gasteiger partial charge in [-0.1, -0.05) is 17.7 Å². The Kier molecular flexibility index (Phi) is 6.13. The van der Waals surface area contributed by atoms with Crippen molar-refractivity contribution in [3.8, 4) is 0 Å². The van der Waals surface area contributed by atoms with Crippen LogP contribution in [0.5, 0.6) is 0 Å². The number of pyridine rings is 1. The van der Waals surface area contributed by atoms with Gasteiger partial charge in [0.05, 0.1) is 35.6 Å². The van der Waals surface area contributed by atoms with Gasteiger partial charge in [-0.05, 0) is 42.5 Å². The number of anilines is 2. The highest BCUT2D eigenvalue weighted by atomic mass is 35.5. The Morgan fingerprint density at radius 3 is 2.64 bits per heavy atom. The van der Waals surface area contributed by atoms with E-state index in [1.165, 1.54) is 31.4 Å². The van der Waals surface area contributed by atoms with Crippen LogP contribution in [-0.4, -0.2) is 34.2 Å². The van der Waals surface area contributed by atoms with Crippen LogP contribution < -0.4 is 10.6 Å². The summed E-state index contributed by atoms with van der Waals surface area (Å²) in [4.78, 5) is 28.2. The second-order valence-corrected chi connectivity index (χ2v) is 6.03. The molecule has 8 nitrogen and oxygen atoms in total. The average Bonchev–Trinajstić information content (AvgIpc) is 2.74. The maximum Gasteiger partial charge on any atom is 0.337 e. The zero-order valence-corrected chi connectivity index (χ0v) is 15.6. The summed E-state index contributed by atoms with van der Waals surface area (Å²) in [6.45, 7) is 0.483. The number of halogens is 1. The molecule has 0 fully saturated rings. The molecule has 0 aliphatic carbocycles. The number of methoxy groups -OCH3 is 1. The number of nitrogens with zero attached hydrogens (tertiary/aromatic N) is 3. The molecule has 0 aliphatic rings. The molecule has 0 saturated heterocycles. The minimum Gasteiger partial charge on any atom is -0.465 e. The van der Waals surface area contributed by atoms with Crippen molar-refractivity contribution >= 4 is 35.0 Å². The Bertz CT molecular complexity index is 981. The van der Waals surface area contributed by atoms with Crippen LogP contribution in [0.15, 0.2) is 54.7 Å². The Hall–Kier alpha value is -3.52. The molecule has 9 heteroatoms. The average molecular weight is 398 g/mol. The fourth-order valence-electron chi connectivity index (χ4n) is 2.28. The molecular formula is C19H16ClN5O3. The van der Waals surface area contributed by atoms with Crippen LogP contribution in [0.3, 0.4) is 0 Å². The molecule has 0 aliphatic heterocycles. The number of amides is 1.